The molecule has 0 aromatic carbocycles. The van der Waals surface area contributed by atoms with Crippen molar-refractivity contribution in [2.45, 2.75) is 13.3 Å². The molecule has 0 amide bonds. The Bertz CT molecular complexity index is 182. The highest BCUT2D eigenvalue weighted by atomic mass is 15.2. The second-order valence-corrected chi connectivity index (χ2v) is 3.54. The first-order chi connectivity index (χ1) is 4.24. The van der Waals surface area contributed by atoms with Gasteiger partial charge in [-0.25, -0.2) is 0 Å². The van der Waals surface area contributed by atoms with Crippen LogP contribution in [0.2, 0.25) is 0 Å². The van der Waals surface area contributed by atoms with Gasteiger partial charge in [-0.15, -0.1) is 0 Å². The number of likely N-dealkylation sites (tertiary alicyclic amines) is 1. The fourth-order valence-corrected chi connectivity index (χ4v) is 1.83. The van der Waals surface area contributed by atoms with E-state index in [9.17, 15) is 0 Å². The molecule has 9 heavy (non-hydrogen) atoms. The van der Waals surface area contributed by atoms with Crippen LogP contribution in [0.5, 0.6) is 0 Å². The van der Waals surface area contributed by atoms with Gasteiger partial charge in [0, 0.05) is 13.1 Å². The van der Waals surface area contributed by atoms with Crippen molar-refractivity contribution >= 4 is 0 Å². The second kappa shape index (κ2) is 1.23. The zero-order valence-electron chi connectivity index (χ0n) is 5.59. The summed E-state index contributed by atoms with van der Waals surface area (Å²) in [6, 6.07) is 0. The van der Waals surface area contributed by atoms with Crippen LogP contribution in [0.25, 0.3) is 0 Å². The van der Waals surface area contributed by atoms with E-state index in [-0.39, 0.29) is 0 Å². The van der Waals surface area contributed by atoms with E-state index in [4.69, 9.17) is 5.26 Å². The third-order valence-electron chi connectivity index (χ3n) is 2.67. The van der Waals surface area contributed by atoms with Gasteiger partial charge in [0.15, 0.2) is 6.19 Å². The Balaban J connectivity index is 2.08. The molecule has 48 valence electrons. The lowest BCUT2D eigenvalue weighted by Crippen LogP contribution is -2.17. The predicted molar refractivity (Wildman–Crippen MR) is 33.4 cm³/mol. The van der Waals surface area contributed by atoms with Crippen molar-refractivity contribution in [3.63, 3.8) is 0 Å². The SMILES string of the molecule is CC12CC1CN(C#N)C2. The van der Waals surface area contributed by atoms with Gasteiger partial charge in [-0.05, 0) is 17.8 Å². The van der Waals surface area contributed by atoms with Crippen molar-refractivity contribution in [3.8, 4) is 6.19 Å². The first-order valence-electron chi connectivity index (χ1n) is 3.39. The van der Waals surface area contributed by atoms with Crippen LogP contribution in [-0.2, 0) is 0 Å². The van der Waals surface area contributed by atoms with Gasteiger partial charge in [0.25, 0.3) is 0 Å². The molecule has 2 aliphatic rings. The van der Waals surface area contributed by atoms with Crippen LogP contribution in [0.3, 0.4) is 0 Å². The minimum Gasteiger partial charge on any atom is -0.310 e. The molecule has 0 spiro atoms. The average Bonchev–Trinajstić information content (AvgIpc) is 2.33. The molecule has 2 heteroatoms. The summed E-state index contributed by atoms with van der Waals surface area (Å²) >= 11 is 0. The molecule has 2 fully saturated rings. The highest BCUT2D eigenvalue weighted by Crippen LogP contribution is 2.56. The summed E-state index contributed by atoms with van der Waals surface area (Å²) in [4.78, 5) is 1.87. The van der Waals surface area contributed by atoms with Gasteiger partial charge in [0.2, 0.25) is 0 Å². The van der Waals surface area contributed by atoms with Crippen molar-refractivity contribution in [1.29, 1.82) is 5.26 Å². The highest BCUT2D eigenvalue weighted by Gasteiger charge is 2.56. The lowest BCUT2D eigenvalue weighted by molar-refractivity contribution is 0.399. The molecule has 2 atom stereocenters. The maximum Gasteiger partial charge on any atom is 0.179 e. The van der Waals surface area contributed by atoms with Crippen molar-refractivity contribution in [3.05, 3.63) is 0 Å². The summed E-state index contributed by atoms with van der Waals surface area (Å²) in [6.07, 6.45) is 3.54. The van der Waals surface area contributed by atoms with E-state index in [2.05, 4.69) is 13.1 Å². The smallest absolute Gasteiger partial charge is 0.179 e. The quantitative estimate of drug-likeness (QED) is 0.444. The van der Waals surface area contributed by atoms with Gasteiger partial charge in [-0.2, -0.15) is 5.26 Å². The highest BCUT2D eigenvalue weighted by molar-refractivity contribution is 5.09. The standard InChI is InChI=1S/C7H10N2/c1-7-2-6(7)3-9(4-7)5-8/h6H,2-4H2,1H3. The maximum absolute atomic E-state index is 8.49. The van der Waals surface area contributed by atoms with E-state index in [1.165, 1.54) is 6.42 Å². The molecule has 0 aromatic rings. The fraction of sp³-hybridized carbons (Fsp3) is 0.857. The van der Waals surface area contributed by atoms with Crippen molar-refractivity contribution in [2.75, 3.05) is 13.1 Å². The Hall–Kier alpha value is -0.710. The molecular weight excluding hydrogens is 112 g/mol. The lowest BCUT2D eigenvalue weighted by Gasteiger charge is -2.09. The molecule has 1 heterocycles. The number of nitrogens with zero attached hydrogens (tertiary/aromatic N) is 2. The van der Waals surface area contributed by atoms with E-state index in [1.54, 1.807) is 0 Å². The number of piperidine rings is 1. The number of fused-ring (bicyclic) bond motifs is 1. The summed E-state index contributed by atoms with van der Waals surface area (Å²) in [6.45, 7) is 4.30. The summed E-state index contributed by atoms with van der Waals surface area (Å²) in [7, 11) is 0. The Labute approximate surface area is 55.1 Å². The van der Waals surface area contributed by atoms with Gasteiger partial charge >= 0.3 is 0 Å². The zero-order valence-corrected chi connectivity index (χ0v) is 5.59. The van der Waals surface area contributed by atoms with Gasteiger partial charge in [-0.1, -0.05) is 6.92 Å². The van der Waals surface area contributed by atoms with Crippen LogP contribution in [0, 0.1) is 22.8 Å². The lowest BCUT2D eigenvalue weighted by atomic mass is 10.1. The van der Waals surface area contributed by atoms with E-state index < -0.39 is 0 Å². The third-order valence-corrected chi connectivity index (χ3v) is 2.67. The number of hydrogen-bond acceptors (Lipinski definition) is 2. The largest absolute Gasteiger partial charge is 0.310 e. The van der Waals surface area contributed by atoms with Crippen molar-refractivity contribution in [2.24, 2.45) is 11.3 Å². The minimum atomic E-state index is 0.537. The van der Waals surface area contributed by atoms with Crippen LogP contribution < -0.4 is 0 Å². The van der Waals surface area contributed by atoms with Crippen LogP contribution in [0.4, 0.5) is 0 Å². The Kier molecular flexibility index (Phi) is 0.700. The van der Waals surface area contributed by atoms with Crippen LogP contribution in [-0.4, -0.2) is 18.0 Å². The Morgan fingerprint density at radius 1 is 1.78 bits per heavy atom. The van der Waals surface area contributed by atoms with Gasteiger partial charge in [-0.3, -0.25) is 0 Å². The average molecular weight is 122 g/mol. The first-order valence-corrected chi connectivity index (χ1v) is 3.39. The van der Waals surface area contributed by atoms with Crippen LogP contribution in [0.15, 0.2) is 0 Å². The minimum absolute atomic E-state index is 0.537. The molecule has 1 aliphatic carbocycles. The molecule has 1 aliphatic heterocycles. The molecule has 0 aromatic heterocycles. The normalized spacial score (nSPS) is 46.2. The van der Waals surface area contributed by atoms with E-state index >= 15 is 0 Å². The Morgan fingerprint density at radius 2 is 2.56 bits per heavy atom. The Morgan fingerprint density at radius 3 is 2.89 bits per heavy atom. The molecule has 2 rings (SSSR count). The summed E-state index contributed by atoms with van der Waals surface area (Å²) in [5.41, 5.74) is 0.537. The number of nitriles is 1. The monoisotopic (exact) mass is 122 g/mol. The molecule has 2 unspecified atom stereocenters. The predicted octanol–water partition coefficient (Wildman–Crippen LogP) is 0.809. The van der Waals surface area contributed by atoms with Crippen LogP contribution >= 0.6 is 0 Å². The van der Waals surface area contributed by atoms with Gasteiger partial charge in [0.05, 0.1) is 0 Å². The van der Waals surface area contributed by atoms with E-state index in [0.29, 0.717) is 5.41 Å². The van der Waals surface area contributed by atoms with Crippen molar-refractivity contribution < 1.29 is 0 Å². The molecular formula is C7H10N2. The molecule has 2 nitrogen and oxygen atoms in total. The molecule has 0 N–H and O–H groups in total. The van der Waals surface area contributed by atoms with Gasteiger partial charge < -0.3 is 4.90 Å². The second-order valence-electron chi connectivity index (χ2n) is 3.54. The molecule has 0 radical (unpaired) electrons. The molecule has 0 bridgehead atoms. The summed E-state index contributed by atoms with van der Waals surface area (Å²) in [5, 5.41) is 8.49. The van der Waals surface area contributed by atoms with Crippen LogP contribution in [0.1, 0.15) is 13.3 Å². The maximum atomic E-state index is 8.49. The summed E-state index contributed by atoms with van der Waals surface area (Å²) < 4.78 is 0. The zero-order chi connectivity index (χ0) is 6.48. The molecule has 1 saturated carbocycles. The third kappa shape index (κ3) is 0.548. The van der Waals surface area contributed by atoms with Crippen molar-refractivity contribution in [1.82, 2.24) is 4.90 Å². The fourth-order valence-electron chi connectivity index (χ4n) is 1.83. The first kappa shape index (κ1) is 5.10. The van der Waals surface area contributed by atoms with Gasteiger partial charge in [0.1, 0.15) is 0 Å². The van der Waals surface area contributed by atoms with E-state index in [1.807, 2.05) is 4.90 Å². The van der Waals surface area contributed by atoms with E-state index in [0.717, 1.165) is 19.0 Å². The number of hydrogen-bond donors (Lipinski definition) is 0. The summed E-state index contributed by atoms with van der Waals surface area (Å²) in [5.74, 6) is 0.845. The topological polar surface area (TPSA) is 27.0 Å². The number of rotatable bonds is 0. The molecule has 1 saturated heterocycles.